The fraction of sp³-hybridized carbons (Fsp3) is 0.889. The fourth-order valence-corrected chi connectivity index (χ4v) is 3.53. The van der Waals surface area contributed by atoms with Crippen molar-refractivity contribution in [1.82, 2.24) is 15.5 Å². The van der Waals surface area contributed by atoms with Gasteiger partial charge in [0.05, 0.1) is 12.2 Å². The first-order chi connectivity index (χ1) is 12.4. The fourth-order valence-electron chi connectivity index (χ4n) is 3.06. The zero-order valence-corrected chi connectivity index (χ0v) is 17.1. The number of aliphatic hydroxyl groups excluding tert-OH is 2. The molecule has 1 aliphatic rings. The maximum Gasteiger partial charge on any atom is 0.243 e. The van der Waals surface area contributed by atoms with Crippen LogP contribution in [0.15, 0.2) is 0 Å². The molecule has 8 heteroatoms. The summed E-state index contributed by atoms with van der Waals surface area (Å²) in [4.78, 5) is 26.3. The molecule has 26 heavy (non-hydrogen) atoms. The van der Waals surface area contributed by atoms with E-state index in [9.17, 15) is 19.8 Å². The number of piperazine rings is 1. The normalized spacial score (nSPS) is 22.8. The van der Waals surface area contributed by atoms with Gasteiger partial charge in [-0.3, -0.25) is 14.5 Å². The van der Waals surface area contributed by atoms with E-state index < -0.39 is 24.3 Å². The van der Waals surface area contributed by atoms with Crippen LogP contribution in [-0.4, -0.2) is 82.9 Å². The molecule has 0 aromatic heterocycles. The maximum atomic E-state index is 12.2. The second-order valence-corrected chi connectivity index (χ2v) is 8.06. The lowest BCUT2D eigenvalue weighted by Gasteiger charge is -2.30. The van der Waals surface area contributed by atoms with Gasteiger partial charge in [-0.2, -0.15) is 11.8 Å². The van der Waals surface area contributed by atoms with Gasteiger partial charge in [0, 0.05) is 13.1 Å². The molecule has 1 rings (SSSR count). The molecule has 0 spiro atoms. The minimum atomic E-state index is -0.459. The van der Waals surface area contributed by atoms with E-state index >= 15 is 0 Å². The van der Waals surface area contributed by atoms with Crippen LogP contribution in [0.4, 0.5) is 0 Å². The standard InChI is InChI=1S/C18H35N3O4S/c1-4-14(23)12-21(11-13(2)22)9-6-5-7-15-17(24)20-16(8-10-26-3)18(25)19-15/h13-16,22-23H,4-12H2,1-3H3,(H,19,25)(H,20,24). The number of nitrogens with one attached hydrogen (secondary N) is 2. The number of rotatable bonds is 13. The number of unbranched alkanes of at least 4 members (excludes halogenated alkanes) is 1. The molecule has 0 bridgehead atoms. The van der Waals surface area contributed by atoms with Crippen LogP contribution >= 0.6 is 11.8 Å². The molecule has 0 aromatic carbocycles. The Morgan fingerprint density at radius 1 is 1.08 bits per heavy atom. The Labute approximate surface area is 161 Å². The summed E-state index contributed by atoms with van der Waals surface area (Å²) in [5, 5.41) is 25.1. The predicted octanol–water partition coefficient (Wildman–Crippen LogP) is 0.347. The zero-order valence-electron chi connectivity index (χ0n) is 16.2. The third-order valence-electron chi connectivity index (χ3n) is 4.56. The van der Waals surface area contributed by atoms with Crippen molar-refractivity contribution >= 4 is 23.6 Å². The minimum Gasteiger partial charge on any atom is -0.392 e. The van der Waals surface area contributed by atoms with Crippen LogP contribution in [-0.2, 0) is 9.59 Å². The zero-order chi connectivity index (χ0) is 19.5. The van der Waals surface area contributed by atoms with Gasteiger partial charge in [-0.1, -0.05) is 6.92 Å². The third kappa shape index (κ3) is 8.70. The Morgan fingerprint density at radius 3 is 2.23 bits per heavy atom. The highest BCUT2D eigenvalue weighted by Crippen LogP contribution is 2.11. The van der Waals surface area contributed by atoms with Gasteiger partial charge in [-0.05, 0) is 57.6 Å². The summed E-state index contributed by atoms with van der Waals surface area (Å²) in [5.74, 6) is 0.648. The van der Waals surface area contributed by atoms with Crippen molar-refractivity contribution in [2.45, 2.75) is 70.2 Å². The number of carbonyl (C=O) groups excluding carboxylic acids is 2. The molecule has 152 valence electrons. The average Bonchev–Trinajstić information content (AvgIpc) is 2.59. The molecule has 4 atom stereocenters. The number of thioether (sulfide) groups is 1. The highest BCUT2D eigenvalue weighted by atomic mass is 32.2. The molecular formula is C18H35N3O4S. The van der Waals surface area contributed by atoms with E-state index in [2.05, 4.69) is 15.5 Å². The first kappa shape index (κ1) is 23.2. The van der Waals surface area contributed by atoms with Crippen LogP contribution in [0.5, 0.6) is 0 Å². The van der Waals surface area contributed by atoms with E-state index in [1.807, 2.05) is 13.2 Å². The van der Waals surface area contributed by atoms with Crippen molar-refractivity contribution in [2.24, 2.45) is 0 Å². The van der Waals surface area contributed by atoms with Crippen LogP contribution in [0, 0.1) is 0 Å². The summed E-state index contributed by atoms with van der Waals surface area (Å²) in [5.41, 5.74) is 0. The van der Waals surface area contributed by atoms with Gasteiger partial charge in [0.15, 0.2) is 0 Å². The number of nitrogens with zero attached hydrogens (tertiary/aromatic N) is 1. The van der Waals surface area contributed by atoms with Gasteiger partial charge < -0.3 is 20.8 Å². The predicted molar refractivity (Wildman–Crippen MR) is 105 cm³/mol. The van der Waals surface area contributed by atoms with E-state index in [4.69, 9.17) is 0 Å². The van der Waals surface area contributed by atoms with Crippen LogP contribution in [0.25, 0.3) is 0 Å². The van der Waals surface area contributed by atoms with Crippen molar-refractivity contribution in [3.05, 3.63) is 0 Å². The van der Waals surface area contributed by atoms with E-state index in [1.54, 1.807) is 18.7 Å². The van der Waals surface area contributed by atoms with E-state index in [0.29, 0.717) is 32.4 Å². The molecule has 0 saturated carbocycles. The van der Waals surface area contributed by atoms with E-state index in [-0.39, 0.29) is 11.8 Å². The van der Waals surface area contributed by atoms with E-state index in [1.165, 1.54) is 0 Å². The van der Waals surface area contributed by atoms with Crippen LogP contribution in [0.3, 0.4) is 0 Å². The Hall–Kier alpha value is -0.830. The summed E-state index contributed by atoms with van der Waals surface area (Å²) in [7, 11) is 0. The molecule has 0 radical (unpaired) electrons. The maximum absolute atomic E-state index is 12.2. The first-order valence-corrected chi connectivity index (χ1v) is 10.9. The molecule has 7 nitrogen and oxygen atoms in total. The molecule has 2 amide bonds. The number of carbonyl (C=O) groups is 2. The molecule has 4 N–H and O–H groups in total. The molecule has 0 aromatic rings. The molecule has 1 heterocycles. The summed E-state index contributed by atoms with van der Waals surface area (Å²) in [6.45, 7) is 5.48. The molecule has 1 aliphatic heterocycles. The monoisotopic (exact) mass is 389 g/mol. The van der Waals surface area contributed by atoms with Crippen LogP contribution in [0.2, 0.25) is 0 Å². The van der Waals surface area contributed by atoms with Crippen LogP contribution in [0.1, 0.15) is 46.0 Å². The van der Waals surface area contributed by atoms with Gasteiger partial charge >= 0.3 is 0 Å². The van der Waals surface area contributed by atoms with Gasteiger partial charge in [-0.15, -0.1) is 0 Å². The van der Waals surface area contributed by atoms with Crippen molar-refractivity contribution in [3.8, 4) is 0 Å². The lowest BCUT2D eigenvalue weighted by atomic mass is 10.0. The number of hydrogen-bond donors (Lipinski definition) is 4. The Bertz CT molecular complexity index is 437. The number of amides is 2. The molecular weight excluding hydrogens is 354 g/mol. The van der Waals surface area contributed by atoms with Gasteiger partial charge in [0.2, 0.25) is 11.8 Å². The number of hydrogen-bond acceptors (Lipinski definition) is 6. The average molecular weight is 390 g/mol. The topological polar surface area (TPSA) is 102 Å². The summed E-state index contributed by atoms with van der Waals surface area (Å²) in [6, 6.07) is -0.872. The highest BCUT2D eigenvalue weighted by Gasteiger charge is 2.32. The van der Waals surface area contributed by atoms with Crippen molar-refractivity contribution in [3.63, 3.8) is 0 Å². The Morgan fingerprint density at radius 2 is 1.69 bits per heavy atom. The quantitative estimate of drug-likeness (QED) is 0.339. The Balaban J connectivity index is 2.34. The number of aliphatic hydroxyl groups is 2. The van der Waals surface area contributed by atoms with Crippen molar-refractivity contribution in [2.75, 3.05) is 31.6 Å². The van der Waals surface area contributed by atoms with E-state index in [0.717, 1.165) is 25.1 Å². The van der Waals surface area contributed by atoms with Gasteiger partial charge in [0.25, 0.3) is 0 Å². The second kappa shape index (κ2) is 12.5. The van der Waals surface area contributed by atoms with Gasteiger partial charge in [-0.25, -0.2) is 0 Å². The third-order valence-corrected chi connectivity index (χ3v) is 5.20. The SMILES string of the molecule is CCC(O)CN(CCCCC1NC(=O)C(CCSC)NC1=O)CC(C)O. The second-order valence-electron chi connectivity index (χ2n) is 7.07. The van der Waals surface area contributed by atoms with Crippen LogP contribution < -0.4 is 10.6 Å². The van der Waals surface area contributed by atoms with Gasteiger partial charge in [0.1, 0.15) is 12.1 Å². The first-order valence-electron chi connectivity index (χ1n) is 9.55. The summed E-state index contributed by atoms with van der Waals surface area (Å²) >= 11 is 1.66. The summed E-state index contributed by atoms with van der Waals surface area (Å²) in [6.07, 6.45) is 4.72. The lowest BCUT2D eigenvalue weighted by molar-refractivity contribution is -0.137. The van der Waals surface area contributed by atoms with Crippen molar-refractivity contribution < 1.29 is 19.8 Å². The smallest absolute Gasteiger partial charge is 0.243 e. The lowest BCUT2D eigenvalue weighted by Crippen LogP contribution is -2.61. The highest BCUT2D eigenvalue weighted by molar-refractivity contribution is 7.98. The minimum absolute atomic E-state index is 0.0922. The summed E-state index contributed by atoms with van der Waals surface area (Å²) < 4.78 is 0. The molecule has 0 aliphatic carbocycles. The van der Waals surface area contributed by atoms with Crippen molar-refractivity contribution in [1.29, 1.82) is 0 Å². The molecule has 4 unspecified atom stereocenters. The largest absolute Gasteiger partial charge is 0.392 e. The Kier molecular flexibility index (Phi) is 11.2. The molecule has 1 saturated heterocycles. The molecule has 1 fully saturated rings.